The first-order chi connectivity index (χ1) is 8.43. The van der Waals surface area contributed by atoms with Crippen molar-refractivity contribution in [2.45, 2.75) is 33.7 Å². The van der Waals surface area contributed by atoms with Gasteiger partial charge in [-0.1, -0.05) is 13.8 Å². The van der Waals surface area contributed by atoms with E-state index in [9.17, 15) is 10.0 Å². The molecule has 0 rings (SSSR count). The van der Waals surface area contributed by atoms with Crippen molar-refractivity contribution >= 4 is 5.97 Å². The largest absolute Gasteiger partial charge is 0.569 e. The van der Waals surface area contributed by atoms with Crippen molar-refractivity contribution < 1.29 is 19.3 Å². The van der Waals surface area contributed by atoms with Gasteiger partial charge in [0.15, 0.2) is 0 Å². The molecule has 0 aliphatic rings. The Bertz CT molecular complexity index is 279. The van der Waals surface area contributed by atoms with Crippen LogP contribution in [0.3, 0.4) is 0 Å². The van der Waals surface area contributed by atoms with E-state index in [4.69, 9.17) is 10.5 Å². The van der Waals surface area contributed by atoms with E-state index < -0.39 is 18.8 Å². The molecule has 106 valence electrons. The maximum atomic E-state index is 11.3. The predicted octanol–water partition coefficient (Wildman–Crippen LogP) is 0.621. The van der Waals surface area contributed by atoms with Crippen molar-refractivity contribution in [1.82, 2.24) is 5.01 Å². The maximum Gasteiger partial charge on any atom is 0.326 e. The summed E-state index contributed by atoms with van der Waals surface area (Å²) in [5, 5.41) is 15.9. The standard InChI is InChI=1S/C10H22N4O4/c1-5-13(6-2)14(16)12-18-7-17-10(15)9(11)8(3)4/h8-9H,5-7,11H2,1-4H3/b14-12-/t9-/m0/s1. The van der Waals surface area contributed by atoms with Gasteiger partial charge in [0.05, 0.1) is 18.1 Å². The highest BCUT2D eigenvalue weighted by atomic mass is 16.8. The topological polar surface area (TPSA) is 103 Å². The number of carbonyl (C=O) groups excluding carboxylic acids is 1. The minimum absolute atomic E-state index is 0.0267. The van der Waals surface area contributed by atoms with E-state index in [1.807, 2.05) is 13.8 Å². The van der Waals surface area contributed by atoms with Gasteiger partial charge in [-0.25, -0.2) is 0 Å². The Labute approximate surface area is 107 Å². The van der Waals surface area contributed by atoms with Gasteiger partial charge in [0.2, 0.25) is 5.28 Å². The highest BCUT2D eigenvalue weighted by Crippen LogP contribution is 2.00. The first-order valence-corrected chi connectivity index (χ1v) is 5.91. The average Bonchev–Trinajstić information content (AvgIpc) is 2.34. The summed E-state index contributed by atoms with van der Waals surface area (Å²) in [5.74, 6) is -0.610. The number of ether oxygens (including phenoxy) is 1. The van der Waals surface area contributed by atoms with Crippen LogP contribution >= 0.6 is 0 Å². The minimum Gasteiger partial charge on any atom is -0.569 e. The quantitative estimate of drug-likeness (QED) is 0.172. The van der Waals surface area contributed by atoms with Crippen LogP contribution in [-0.4, -0.2) is 41.9 Å². The molecule has 2 N–H and O–H groups in total. The van der Waals surface area contributed by atoms with Gasteiger partial charge >= 0.3 is 5.97 Å². The van der Waals surface area contributed by atoms with Crippen LogP contribution in [0, 0.1) is 11.1 Å². The SMILES string of the molecule is CCN(CC)/[N+]([O-])=N/OCOC(=O)[C@@H](N)C(C)C. The van der Waals surface area contributed by atoms with Crippen molar-refractivity contribution in [1.29, 1.82) is 0 Å². The first kappa shape index (κ1) is 16.4. The zero-order chi connectivity index (χ0) is 14.1. The van der Waals surface area contributed by atoms with E-state index in [1.54, 1.807) is 13.8 Å². The molecule has 8 nitrogen and oxygen atoms in total. The second kappa shape index (κ2) is 8.51. The normalized spacial score (nSPS) is 13.3. The zero-order valence-corrected chi connectivity index (χ0v) is 11.3. The van der Waals surface area contributed by atoms with E-state index in [-0.39, 0.29) is 5.92 Å². The van der Waals surface area contributed by atoms with Crippen LogP contribution < -0.4 is 5.73 Å². The number of hydrazine groups is 1. The summed E-state index contributed by atoms with van der Waals surface area (Å²) in [4.78, 5) is 16.2. The lowest BCUT2D eigenvalue weighted by Gasteiger charge is -2.14. The lowest BCUT2D eigenvalue weighted by molar-refractivity contribution is -0.710. The lowest BCUT2D eigenvalue weighted by atomic mass is 10.1. The van der Waals surface area contributed by atoms with Crippen molar-refractivity contribution in [3.63, 3.8) is 0 Å². The molecule has 0 fully saturated rings. The molecule has 0 amide bonds. The van der Waals surface area contributed by atoms with Gasteiger partial charge in [0.25, 0.3) is 6.79 Å². The Hall–Kier alpha value is -1.57. The van der Waals surface area contributed by atoms with Crippen LogP contribution in [-0.2, 0) is 14.4 Å². The predicted molar refractivity (Wildman–Crippen MR) is 63.8 cm³/mol. The summed E-state index contributed by atoms with van der Waals surface area (Å²) >= 11 is 0. The van der Waals surface area contributed by atoms with Gasteiger partial charge in [-0.05, 0) is 19.8 Å². The van der Waals surface area contributed by atoms with Gasteiger partial charge in [0.1, 0.15) is 6.04 Å². The molecule has 0 bridgehead atoms. The summed E-state index contributed by atoms with van der Waals surface area (Å²) in [6.45, 7) is 7.81. The van der Waals surface area contributed by atoms with Crippen LogP contribution in [0.5, 0.6) is 0 Å². The molecule has 0 aliphatic heterocycles. The highest BCUT2D eigenvalue weighted by Gasteiger charge is 2.18. The van der Waals surface area contributed by atoms with E-state index in [2.05, 4.69) is 10.1 Å². The number of hydrogen-bond donors (Lipinski definition) is 1. The van der Waals surface area contributed by atoms with Crippen LogP contribution in [0.4, 0.5) is 0 Å². The molecule has 0 aromatic rings. The van der Waals surface area contributed by atoms with Crippen LogP contribution in [0.25, 0.3) is 0 Å². The Balaban J connectivity index is 3.99. The molecule has 0 spiro atoms. The maximum absolute atomic E-state index is 11.3. The third kappa shape index (κ3) is 5.67. The molecule has 0 aromatic carbocycles. The molecule has 0 saturated heterocycles. The summed E-state index contributed by atoms with van der Waals surface area (Å²) in [6.07, 6.45) is 0. The first-order valence-electron chi connectivity index (χ1n) is 5.91. The molecule has 0 saturated carbocycles. The molecule has 0 unspecified atom stereocenters. The molecular weight excluding hydrogens is 240 g/mol. The Morgan fingerprint density at radius 3 is 2.44 bits per heavy atom. The average molecular weight is 262 g/mol. The number of carbonyl (C=O) groups is 1. The molecule has 18 heavy (non-hydrogen) atoms. The second-order valence-corrected chi connectivity index (χ2v) is 3.95. The van der Waals surface area contributed by atoms with E-state index in [0.717, 1.165) is 0 Å². The summed E-state index contributed by atoms with van der Waals surface area (Å²) in [6, 6.07) is -0.709. The van der Waals surface area contributed by atoms with Gasteiger partial charge in [-0.15, -0.1) is 5.01 Å². The molecular formula is C10H22N4O4. The number of nitrogens with zero attached hydrogens (tertiary/aromatic N) is 3. The van der Waals surface area contributed by atoms with E-state index in [1.165, 1.54) is 5.01 Å². The van der Waals surface area contributed by atoms with Crippen molar-refractivity contribution in [2.24, 2.45) is 16.9 Å². The molecule has 0 radical (unpaired) electrons. The minimum atomic E-state index is -0.709. The number of hydrogen-bond acceptors (Lipinski definition) is 6. The fraction of sp³-hybridized carbons (Fsp3) is 0.900. The molecule has 0 heterocycles. The summed E-state index contributed by atoms with van der Waals surface area (Å²) < 4.78 is 4.70. The Kier molecular flexibility index (Phi) is 7.77. The van der Waals surface area contributed by atoms with Gasteiger partial charge < -0.3 is 20.5 Å². The smallest absolute Gasteiger partial charge is 0.326 e. The van der Waals surface area contributed by atoms with Crippen molar-refractivity contribution in [3.05, 3.63) is 5.21 Å². The van der Waals surface area contributed by atoms with Crippen molar-refractivity contribution in [3.8, 4) is 0 Å². The van der Waals surface area contributed by atoms with Gasteiger partial charge in [-0.3, -0.25) is 4.79 Å². The Morgan fingerprint density at radius 1 is 1.44 bits per heavy atom. The van der Waals surface area contributed by atoms with Gasteiger partial charge in [-0.2, -0.15) is 0 Å². The zero-order valence-electron chi connectivity index (χ0n) is 11.3. The molecule has 0 aromatic heterocycles. The fourth-order valence-electron chi connectivity index (χ4n) is 1.04. The molecule has 1 atom stereocenters. The monoisotopic (exact) mass is 262 g/mol. The number of esters is 1. The number of nitrogens with two attached hydrogens (primary N) is 1. The third-order valence-corrected chi connectivity index (χ3v) is 2.34. The molecule has 8 heteroatoms. The third-order valence-electron chi connectivity index (χ3n) is 2.34. The van der Waals surface area contributed by atoms with Crippen LogP contribution in [0.1, 0.15) is 27.7 Å². The summed E-state index contributed by atoms with van der Waals surface area (Å²) in [5.41, 5.74) is 5.55. The molecule has 0 aliphatic carbocycles. The van der Waals surface area contributed by atoms with Gasteiger partial charge in [0, 0.05) is 0 Å². The summed E-state index contributed by atoms with van der Waals surface area (Å²) in [7, 11) is 0. The lowest BCUT2D eigenvalue weighted by Crippen LogP contribution is -2.37. The number of rotatable bonds is 8. The second-order valence-electron chi connectivity index (χ2n) is 3.95. The highest BCUT2D eigenvalue weighted by molar-refractivity contribution is 5.75. The van der Waals surface area contributed by atoms with Crippen LogP contribution in [0.2, 0.25) is 0 Å². The van der Waals surface area contributed by atoms with Crippen molar-refractivity contribution in [2.75, 3.05) is 19.9 Å². The fourth-order valence-corrected chi connectivity index (χ4v) is 1.04. The van der Waals surface area contributed by atoms with Crippen LogP contribution in [0.15, 0.2) is 5.28 Å². The van der Waals surface area contributed by atoms with E-state index in [0.29, 0.717) is 18.1 Å². The Morgan fingerprint density at radius 2 is 2.00 bits per heavy atom. The van der Waals surface area contributed by atoms with E-state index >= 15 is 0 Å².